The molecule has 1 spiro atoms. The lowest BCUT2D eigenvalue weighted by molar-refractivity contribution is 0.0943. The molecule has 1 amide bonds. The number of nitrogens with one attached hydrogen (secondary N) is 1. The Morgan fingerprint density at radius 2 is 2.00 bits per heavy atom. The summed E-state index contributed by atoms with van der Waals surface area (Å²) in [5, 5.41) is 18.2. The lowest BCUT2D eigenvalue weighted by Gasteiger charge is -2.32. The monoisotopic (exact) mass is 435 g/mol. The predicted octanol–water partition coefficient (Wildman–Crippen LogP) is 2.34. The van der Waals surface area contributed by atoms with Gasteiger partial charge in [0.05, 0.1) is 23.7 Å². The van der Waals surface area contributed by atoms with Crippen LogP contribution < -0.4 is 15.5 Å². The number of nitrogens with zero attached hydrogens (tertiary/aromatic N) is 4. The molecule has 166 valence electrons. The van der Waals surface area contributed by atoms with Crippen LogP contribution in [0.2, 0.25) is 0 Å². The van der Waals surface area contributed by atoms with E-state index in [0.717, 1.165) is 42.5 Å². The Bertz CT molecular complexity index is 1250. The molecule has 2 aliphatic rings. The molecule has 2 N–H and O–H groups in total. The molecule has 1 saturated carbocycles. The van der Waals surface area contributed by atoms with Gasteiger partial charge in [-0.05, 0) is 31.4 Å². The molecule has 0 aromatic carbocycles. The number of carbonyl (C=O) groups is 1. The molecule has 1 aliphatic carbocycles. The van der Waals surface area contributed by atoms with Crippen molar-refractivity contribution in [2.75, 3.05) is 13.2 Å². The van der Waals surface area contributed by atoms with E-state index in [1.165, 1.54) is 10.9 Å². The Morgan fingerprint density at radius 3 is 2.84 bits per heavy atom. The van der Waals surface area contributed by atoms with Gasteiger partial charge in [-0.2, -0.15) is 5.10 Å². The van der Waals surface area contributed by atoms with Gasteiger partial charge in [0.15, 0.2) is 11.4 Å². The van der Waals surface area contributed by atoms with Crippen LogP contribution in [0.15, 0.2) is 47.7 Å². The third-order valence-corrected chi connectivity index (χ3v) is 6.31. The van der Waals surface area contributed by atoms with E-state index in [1.807, 2.05) is 30.5 Å². The third-order valence-electron chi connectivity index (χ3n) is 6.31. The second-order valence-corrected chi connectivity index (χ2v) is 8.38. The Balaban J connectivity index is 1.66. The second-order valence-electron chi connectivity index (χ2n) is 8.38. The van der Waals surface area contributed by atoms with Crippen molar-refractivity contribution in [1.82, 2.24) is 24.6 Å². The van der Waals surface area contributed by atoms with E-state index in [-0.39, 0.29) is 11.2 Å². The van der Waals surface area contributed by atoms with E-state index < -0.39 is 17.1 Å². The van der Waals surface area contributed by atoms with Crippen LogP contribution in [0.4, 0.5) is 0 Å². The molecule has 0 atom stereocenters. The highest BCUT2D eigenvalue weighted by Crippen LogP contribution is 2.41. The van der Waals surface area contributed by atoms with Crippen molar-refractivity contribution in [2.24, 2.45) is 0 Å². The topological polar surface area (TPSA) is 111 Å². The number of rotatable bonds is 0. The molecule has 9 heteroatoms. The fraction of sp³-hybridized carbons (Fsp3) is 0.391. The molecule has 6 bridgehead atoms. The highest BCUT2D eigenvalue weighted by molar-refractivity contribution is 5.92. The average molecular weight is 435 g/mol. The summed E-state index contributed by atoms with van der Waals surface area (Å²) < 4.78 is 9.65. The summed E-state index contributed by atoms with van der Waals surface area (Å²) in [6, 6.07) is 3.88. The molecule has 0 saturated heterocycles. The van der Waals surface area contributed by atoms with Gasteiger partial charge in [0, 0.05) is 18.9 Å². The SMILES string of the molecule is O=C1NCCC=CCOc2ccnc3c2ccn3C2(CCCC2)Cn2cc(O)c(=O)c1n2. The maximum absolute atomic E-state index is 12.6. The van der Waals surface area contributed by atoms with Crippen LogP contribution in [-0.4, -0.2) is 43.5 Å². The number of aromatic nitrogens is 4. The Kier molecular flexibility index (Phi) is 5.16. The molecular weight excluding hydrogens is 410 g/mol. The number of carbonyl (C=O) groups excluding carboxylic acids is 1. The third kappa shape index (κ3) is 3.53. The first-order chi connectivity index (χ1) is 15.6. The van der Waals surface area contributed by atoms with Gasteiger partial charge in [-0.15, -0.1) is 0 Å². The Hall–Kier alpha value is -3.62. The molecule has 0 radical (unpaired) electrons. The summed E-state index contributed by atoms with van der Waals surface area (Å²) in [6.07, 6.45) is 13.3. The molecule has 3 aromatic rings. The van der Waals surface area contributed by atoms with Gasteiger partial charge in [-0.1, -0.05) is 25.0 Å². The number of amides is 1. The quantitative estimate of drug-likeness (QED) is 0.525. The highest BCUT2D eigenvalue weighted by Gasteiger charge is 2.38. The van der Waals surface area contributed by atoms with Crippen LogP contribution in [0.25, 0.3) is 11.0 Å². The van der Waals surface area contributed by atoms with E-state index in [1.54, 1.807) is 6.20 Å². The Labute approximate surface area is 184 Å². The molecule has 9 nitrogen and oxygen atoms in total. The lowest BCUT2D eigenvalue weighted by Crippen LogP contribution is -2.38. The molecule has 32 heavy (non-hydrogen) atoms. The van der Waals surface area contributed by atoms with E-state index in [2.05, 4.69) is 20.0 Å². The molecule has 5 rings (SSSR count). The van der Waals surface area contributed by atoms with Crippen molar-refractivity contribution in [1.29, 1.82) is 0 Å². The van der Waals surface area contributed by atoms with E-state index in [9.17, 15) is 14.7 Å². The predicted molar refractivity (Wildman–Crippen MR) is 118 cm³/mol. The first kappa shape index (κ1) is 20.3. The number of hydrogen-bond acceptors (Lipinski definition) is 6. The smallest absolute Gasteiger partial charge is 0.275 e. The maximum atomic E-state index is 12.6. The molecule has 4 heterocycles. The van der Waals surface area contributed by atoms with Crippen LogP contribution in [-0.2, 0) is 12.1 Å². The van der Waals surface area contributed by atoms with Gasteiger partial charge in [0.2, 0.25) is 0 Å². The van der Waals surface area contributed by atoms with Crippen LogP contribution in [0.3, 0.4) is 0 Å². The van der Waals surface area contributed by atoms with Crippen molar-refractivity contribution in [3.8, 4) is 11.5 Å². The zero-order valence-corrected chi connectivity index (χ0v) is 17.7. The number of fused-ring (bicyclic) bond motifs is 3. The van der Waals surface area contributed by atoms with Gasteiger partial charge < -0.3 is 19.7 Å². The first-order valence-electron chi connectivity index (χ1n) is 10.9. The summed E-state index contributed by atoms with van der Waals surface area (Å²) in [6.45, 7) is 1.15. The first-order valence-corrected chi connectivity index (χ1v) is 10.9. The van der Waals surface area contributed by atoms with Crippen LogP contribution in [0.5, 0.6) is 11.5 Å². The van der Waals surface area contributed by atoms with Gasteiger partial charge in [0.1, 0.15) is 18.0 Å². The molecule has 0 unspecified atom stereocenters. The number of pyridine rings is 1. The van der Waals surface area contributed by atoms with Crippen molar-refractivity contribution >= 4 is 16.9 Å². The Morgan fingerprint density at radius 1 is 1.16 bits per heavy atom. The lowest BCUT2D eigenvalue weighted by atomic mass is 9.97. The van der Waals surface area contributed by atoms with Crippen molar-refractivity contribution < 1.29 is 14.6 Å². The fourth-order valence-corrected chi connectivity index (χ4v) is 4.76. The minimum atomic E-state index is -0.765. The van der Waals surface area contributed by atoms with Gasteiger partial charge in [-0.25, -0.2) is 4.98 Å². The largest absolute Gasteiger partial charge is 0.503 e. The average Bonchev–Trinajstić information content (AvgIpc) is 3.43. The summed E-state index contributed by atoms with van der Waals surface area (Å²) in [5.41, 5.74) is -0.587. The fourth-order valence-electron chi connectivity index (χ4n) is 4.76. The normalized spacial score (nSPS) is 18.6. The van der Waals surface area contributed by atoms with Gasteiger partial charge in [-0.3, -0.25) is 14.3 Å². The molecular formula is C23H25N5O4. The van der Waals surface area contributed by atoms with Crippen molar-refractivity contribution in [2.45, 2.75) is 44.2 Å². The van der Waals surface area contributed by atoms with Crippen molar-refractivity contribution in [3.05, 3.63) is 58.8 Å². The zero-order valence-electron chi connectivity index (χ0n) is 17.7. The maximum Gasteiger partial charge on any atom is 0.275 e. The zero-order chi connectivity index (χ0) is 22.1. The summed E-state index contributed by atoms with van der Waals surface area (Å²) >= 11 is 0. The second kappa shape index (κ2) is 8.14. The van der Waals surface area contributed by atoms with Gasteiger partial charge >= 0.3 is 0 Å². The number of ether oxygens (including phenoxy) is 1. The standard InChI is InChI=1S/C23H25N5O4/c29-17-14-27-15-23(8-2-3-9-23)28-12-7-16-18(6-11-24-21(16)28)32-13-5-1-4-10-25-22(31)19(26-27)20(17)30/h1,5-7,11-12,14,29H,2-4,8-10,13,15H2,(H,25,31). The minimum absolute atomic E-state index is 0.299. The van der Waals surface area contributed by atoms with Crippen molar-refractivity contribution in [3.63, 3.8) is 0 Å². The molecule has 1 aliphatic heterocycles. The summed E-state index contributed by atoms with van der Waals surface area (Å²) in [7, 11) is 0. The minimum Gasteiger partial charge on any atom is -0.503 e. The summed E-state index contributed by atoms with van der Waals surface area (Å²) in [4.78, 5) is 29.6. The van der Waals surface area contributed by atoms with E-state index in [0.29, 0.717) is 26.1 Å². The molecule has 1 fully saturated rings. The highest BCUT2D eigenvalue weighted by atomic mass is 16.5. The van der Waals surface area contributed by atoms with Gasteiger partial charge in [0.25, 0.3) is 11.3 Å². The molecule has 3 aromatic heterocycles. The number of aromatic hydroxyl groups is 1. The van der Waals surface area contributed by atoms with E-state index in [4.69, 9.17) is 4.74 Å². The van der Waals surface area contributed by atoms with Crippen LogP contribution in [0.1, 0.15) is 42.6 Å². The number of hydrogen-bond donors (Lipinski definition) is 2. The van der Waals surface area contributed by atoms with Crippen LogP contribution in [0, 0.1) is 0 Å². The van der Waals surface area contributed by atoms with E-state index >= 15 is 0 Å². The summed E-state index contributed by atoms with van der Waals surface area (Å²) in [5.74, 6) is -0.307. The van der Waals surface area contributed by atoms with Crippen LogP contribution >= 0.6 is 0 Å².